The van der Waals surface area contributed by atoms with Gasteiger partial charge in [0, 0.05) is 0 Å². The van der Waals surface area contributed by atoms with Crippen LogP contribution in [0, 0.1) is 6.92 Å². The van der Waals surface area contributed by atoms with Crippen molar-refractivity contribution in [3.8, 4) is 0 Å². The van der Waals surface area contributed by atoms with Crippen molar-refractivity contribution in [3.63, 3.8) is 0 Å². The van der Waals surface area contributed by atoms with E-state index in [-0.39, 0.29) is 38.5 Å². The molecule has 0 saturated carbocycles. The SMILES string of the molecule is CCC(=O)N(CC(=O)CC[Se]c1ccccc1)S(=O)(=O)c1ccc(C)cc1. The Kier molecular flexibility index (Phi) is 7.77. The molecule has 0 unspecified atom stereocenters. The maximum absolute atomic E-state index is 12.8. The summed E-state index contributed by atoms with van der Waals surface area (Å²) in [5.74, 6) is -0.817. The molecular weight excluding hydrogens is 429 g/mol. The molecule has 2 aromatic carbocycles. The first-order chi connectivity index (χ1) is 12.8. The van der Waals surface area contributed by atoms with Crippen LogP contribution in [0.15, 0.2) is 59.5 Å². The number of aryl methyl sites for hydroxylation is 1. The summed E-state index contributed by atoms with van der Waals surface area (Å²) in [7, 11) is -4.03. The van der Waals surface area contributed by atoms with E-state index in [1.165, 1.54) is 16.6 Å². The molecule has 0 heterocycles. The van der Waals surface area contributed by atoms with E-state index in [1.54, 1.807) is 19.1 Å². The second-order valence-corrected chi connectivity index (χ2v) is 10.3. The Bertz CT molecular complexity index is 880. The van der Waals surface area contributed by atoms with Gasteiger partial charge in [0.1, 0.15) is 0 Å². The topological polar surface area (TPSA) is 71.5 Å². The van der Waals surface area contributed by atoms with Gasteiger partial charge in [-0.2, -0.15) is 0 Å². The third-order valence-electron chi connectivity index (χ3n) is 3.90. The average molecular weight is 452 g/mol. The fourth-order valence-corrected chi connectivity index (χ4v) is 5.73. The molecule has 0 aromatic heterocycles. The van der Waals surface area contributed by atoms with E-state index in [1.807, 2.05) is 37.3 Å². The Morgan fingerprint density at radius 2 is 1.63 bits per heavy atom. The number of Topliss-reactive ketones (excluding diaryl/α,β-unsaturated/α-hetero) is 1. The molecule has 0 aliphatic heterocycles. The summed E-state index contributed by atoms with van der Waals surface area (Å²) in [4.78, 5) is 24.6. The van der Waals surface area contributed by atoms with Crippen LogP contribution in [0.5, 0.6) is 0 Å². The average Bonchev–Trinajstić information content (AvgIpc) is 2.66. The summed E-state index contributed by atoms with van der Waals surface area (Å²) < 4.78 is 27.6. The summed E-state index contributed by atoms with van der Waals surface area (Å²) in [5.41, 5.74) is 0.918. The predicted octanol–water partition coefficient (Wildman–Crippen LogP) is 2.33. The van der Waals surface area contributed by atoms with Gasteiger partial charge in [-0.1, -0.05) is 0 Å². The van der Waals surface area contributed by atoms with Crippen molar-refractivity contribution in [3.05, 3.63) is 60.2 Å². The van der Waals surface area contributed by atoms with E-state index in [2.05, 4.69) is 0 Å². The molecule has 2 aromatic rings. The number of hydrogen-bond acceptors (Lipinski definition) is 4. The number of nitrogens with zero attached hydrogens (tertiary/aromatic N) is 1. The van der Waals surface area contributed by atoms with Crippen LogP contribution < -0.4 is 4.46 Å². The van der Waals surface area contributed by atoms with Crippen molar-refractivity contribution < 1.29 is 18.0 Å². The molecule has 0 aliphatic rings. The van der Waals surface area contributed by atoms with E-state index < -0.39 is 22.5 Å². The van der Waals surface area contributed by atoms with Crippen LogP contribution >= 0.6 is 0 Å². The number of hydrogen-bond donors (Lipinski definition) is 0. The molecule has 1 amide bonds. The van der Waals surface area contributed by atoms with E-state index in [0.717, 1.165) is 9.87 Å². The fraction of sp³-hybridized carbons (Fsp3) is 0.300. The van der Waals surface area contributed by atoms with Crippen LogP contribution in [-0.4, -0.2) is 45.9 Å². The van der Waals surface area contributed by atoms with Crippen LogP contribution in [-0.2, 0) is 19.6 Å². The van der Waals surface area contributed by atoms with Gasteiger partial charge in [0.15, 0.2) is 0 Å². The number of carbonyl (C=O) groups is 2. The molecule has 0 fully saturated rings. The van der Waals surface area contributed by atoms with Crippen molar-refractivity contribution in [2.24, 2.45) is 0 Å². The van der Waals surface area contributed by atoms with Crippen molar-refractivity contribution in [1.82, 2.24) is 4.31 Å². The molecule has 0 aliphatic carbocycles. The van der Waals surface area contributed by atoms with Gasteiger partial charge < -0.3 is 0 Å². The van der Waals surface area contributed by atoms with Crippen LogP contribution in [0.4, 0.5) is 0 Å². The zero-order chi connectivity index (χ0) is 19.9. The van der Waals surface area contributed by atoms with Gasteiger partial charge in [-0.05, 0) is 0 Å². The van der Waals surface area contributed by atoms with Gasteiger partial charge >= 0.3 is 167 Å². The minimum absolute atomic E-state index is 0.0202. The number of benzene rings is 2. The Labute approximate surface area is 167 Å². The Morgan fingerprint density at radius 3 is 2.22 bits per heavy atom. The zero-order valence-corrected chi connectivity index (χ0v) is 18.0. The normalized spacial score (nSPS) is 11.2. The molecular formula is C20H23NO4SSe. The fourth-order valence-electron chi connectivity index (χ4n) is 2.36. The number of rotatable bonds is 9. The number of amides is 1. The molecule has 0 bridgehead atoms. The summed E-state index contributed by atoms with van der Waals surface area (Å²) in [6, 6.07) is 16.1. The molecule has 27 heavy (non-hydrogen) atoms. The van der Waals surface area contributed by atoms with Crippen molar-refractivity contribution >= 4 is 41.1 Å². The minimum atomic E-state index is -4.03. The first kappa shape index (κ1) is 21.4. The van der Waals surface area contributed by atoms with Gasteiger partial charge in [-0.3, -0.25) is 0 Å². The maximum atomic E-state index is 12.8. The number of ketones is 1. The molecule has 0 spiro atoms. The molecule has 0 atom stereocenters. The molecule has 0 radical (unpaired) electrons. The van der Waals surface area contributed by atoms with E-state index in [0.29, 0.717) is 5.32 Å². The van der Waals surface area contributed by atoms with Gasteiger partial charge in [-0.25, -0.2) is 0 Å². The summed E-state index contributed by atoms with van der Waals surface area (Å²) in [6.07, 6.45) is 0.276. The number of sulfonamides is 1. The standard InChI is InChI=1S/C20H23NO4SSe/c1-3-20(23)21(26(24,25)18-11-9-16(2)10-12-18)15-17(22)13-14-27-19-7-5-4-6-8-19/h4-12H,3,13-15H2,1-2H3. The molecule has 144 valence electrons. The first-order valence-corrected chi connectivity index (χ1v) is 12.2. The van der Waals surface area contributed by atoms with E-state index in [4.69, 9.17) is 0 Å². The second-order valence-electron chi connectivity index (χ2n) is 6.02. The number of carbonyl (C=O) groups excluding carboxylic acids is 2. The Hall–Kier alpha value is -1.95. The summed E-state index contributed by atoms with van der Waals surface area (Å²) in [6.45, 7) is 3.03. The van der Waals surface area contributed by atoms with Crippen LogP contribution in [0.25, 0.3) is 0 Å². The summed E-state index contributed by atoms with van der Waals surface area (Å²) in [5, 5.41) is 0.675. The molecule has 7 heteroatoms. The molecule has 0 N–H and O–H groups in total. The Balaban J connectivity index is 2.06. The quantitative estimate of drug-likeness (QED) is 0.548. The zero-order valence-electron chi connectivity index (χ0n) is 15.4. The Morgan fingerprint density at radius 1 is 1.00 bits per heavy atom. The van der Waals surface area contributed by atoms with Crippen LogP contribution in [0.2, 0.25) is 5.32 Å². The first-order valence-electron chi connectivity index (χ1n) is 8.66. The van der Waals surface area contributed by atoms with Crippen molar-refractivity contribution in [1.29, 1.82) is 0 Å². The van der Waals surface area contributed by atoms with Gasteiger partial charge in [-0.15, -0.1) is 0 Å². The van der Waals surface area contributed by atoms with Gasteiger partial charge in [0.2, 0.25) is 0 Å². The molecule has 5 nitrogen and oxygen atoms in total. The third kappa shape index (κ3) is 6.03. The summed E-state index contributed by atoms with van der Waals surface area (Å²) >= 11 is 0.145. The van der Waals surface area contributed by atoms with Gasteiger partial charge in [0.25, 0.3) is 0 Å². The third-order valence-corrected chi connectivity index (χ3v) is 7.81. The molecule has 2 rings (SSSR count). The monoisotopic (exact) mass is 453 g/mol. The van der Waals surface area contributed by atoms with E-state index in [9.17, 15) is 18.0 Å². The van der Waals surface area contributed by atoms with Crippen LogP contribution in [0.1, 0.15) is 25.3 Å². The van der Waals surface area contributed by atoms with Crippen molar-refractivity contribution in [2.75, 3.05) is 6.54 Å². The predicted molar refractivity (Wildman–Crippen MR) is 107 cm³/mol. The van der Waals surface area contributed by atoms with Crippen LogP contribution in [0.3, 0.4) is 0 Å². The van der Waals surface area contributed by atoms with E-state index >= 15 is 0 Å². The molecule has 0 saturated heterocycles. The van der Waals surface area contributed by atoms with Gasteiger partial charge in [0.05, 0.1) is 0 Å². The second kappa shape index (κ2) is 9.83. The van der Waals surface area contributed by atoms with Crippen molar-refractivity contribution in [2.45, 2.75) is 36.9 Å².